The van der Waals surface area contributed by atoms with E-state index in [0.29, 0.717) is 0 Å². The Bertz CT molecular complexity index is 223. The molecular weight excluding hydrogens is 198 g/mol. The van der Waals surface area contributed by atoms with Crippen molar-refractivity contribution < 1.29 is 27.9 Å². The second kappa shape index (κ2) is 6.21. The first kappa shape index (κ1) is 12.7. The van der Waals surface area contributed by atoms with Gasteiger partial charge in [-0.3, -0.25) is 4.79 Å². The highest BCUT2D eigenvalue weighted by atomic mass is 19.3. The van der Waals surface area contributed by atoms with Crippen LogP contribution in [-0.2, 0) is 19.1 Å². The highest BCUT2D eigenvalue weighted by molar-refractivity contribution is 5.75. The number of hydrogen-bond donors (Lipinski definition) is 0. The smallest absolute Gasteiger partial charge is 0.373 e. The summed E-state index contributed by atoms with van der Waals surface area (Å²) >= 11 is 0. The fourth-order valence-electron chi connectivity index (χ4n) is 1.01. The monoisotopic (exact) mass is 208 g/mol. The average molecular weight is 208 g/mol. The molecule has 4 nitrogen and oxygen atoms in total. The van der Waals surface area contributed by atoms with Crippen molar-refractivity contribution in [1.29, 1.82) is 0 Å². The van der Waals surface area contributed by atoms with Gasteiger partial charge in [-0.2, -0.15) is 9.59 Å². The van der Waals surface area contributed by atoms with E-state index in [1.165, 1.54) is 0 Å². The van der Waals surface area contributed by atoms with Gasteiger partial charge in [-0.15, -0.1) is 0 Å². The molecule has 1 saturated carbocycles. The molecule has 1 fully saturated rings. The number of rotatable bonds is 3. The molecule has 0 aromatic carbocycles. The lowest BCUT2D eigenvalue weighted by Gasteiger charge is -1.99. The maximum atomic E-state index is 11.9. The summed E-state index contributed by atoms with van der Waals surface area (Å²) in [5.41, 5.74) is 0. The number of alkyl halides is 2. The number of hydrogen-bond acceptors (Lipinski definition) is 4. The number of esters is 1. The maximum Gasteiger partial charge on any atom is 0.373 e. The van der Waals surface area contributed by atoms with E-state index in [0.717, 1.165) is 0 Å². The van der Waals surface area contributed by atoms with Crippen molar-refractivity contribution >= 4 is 12.1 Å². The van der Waals surface area contributed by atoms with Gasteiger partial charge in [-0.1, -0.05) is 0 Å². The third-order valence-electron chi connectivity index (χ3n) is 1.75. The summed E-state index contributed by atoms with van der Waals surface area (Å²) in [4.78, 5) is 27.0. The van der Waals surface area contributed by atoms with Gasteiger partial charge in [0.25, 0.3) is 0 Å². The van der Waals surface area contributed by atoms with E-state index < -0.39 is 24.2 Å². The summed E-state index contributed by atoms with van der Waals surface area (Å²) in [6.45, 7) is 1.93. The van der Waals surface area contributed by atoms with E-state index in [1.54, 1.807) is 6.92 Å². The normalized spacial score (nSPS) is 23.1. The van der Waals surface area contributed by atoms with Gasteiger partial charge in [0.2, 0.25) is 6.43 Å². The van der Waals surface area contributed by atoms with E-state index in [9.17, 15) is 13.6 Å². The molecule has 1 rings (SSSR count). The molecule has 0 unspecified atom stereocenters. The van der Waals surface area contributed by atoms with Gasteiger partial charge in [-0.25, -0.2) is 8.78 Å². The summed E-state index contributed by atoms with van der Waals surface area (Å²) in [5.74, 6) is -1.75. The van der Waals surface area contributed by atoms with Crippen LogP contribution in [-0.4, -0.2) is 25.2 Å². The quantitative estimate of drug-likeness (QED) is 0.645. The third kappa shape index (κ3) is 4.09. The highest BCUT2D eigenvalue weighted by Crippen LogP contribution is 2.43. The van der Waals surface area contributed by atoms with E-state index in [-0.39, 0.29) is 19.2 Å². The summed E-state index contributed by atoms with van der Waals surface area (Å²) in [6.07, 6.45) is -1.83. The molecule has 0 saturated heterocycles. The fraction of sp³-hybridized carbons (Fsp3) is 0.750. The van der Waals surface area contributed by atoms with Gasteiger partial charge in [0.15, 0.2) is 0 Å². The van der Waals surface area contributed by atoms with Crippen LogP contribution in [0, 0.1) is 11.8 Å². The van der Waals surface area contributed by atoms with Crippen molar-refractivity contribution in [3.05, 3.63) is 0 Å². The summed E-state index contributed by atoms with van der Waals surface area (Å²) < 4.78 is 28.3. The molecule has 6 heteroatoms. The number of carbonyl (C=O) groups excluding carboxylic acids is 3. The zero-order valence-corrected chi connectivity index (χ0v) is 7.54. The molecule has 0 aromatic heterocycles. The molecule has 2 atom stereocenters. The molecular formula is C8H10F2O4. The lowest BCUT2D eigenvalue weighted by Crippen LogP contribution is -2.09. The van der Waals surface area contributed by atoms with E-state index in [4.69, 9.17) is 9.59 Å². The van der Waals surface area contributed by atoms with Crippen LogP contribution in [0.2, 0.25) is 0 Å². The molecule has 0 radical (unpaired) electrons. The average Bonchev–Trinajstić information content (AvgIpc) is 2.84. The van der Waals surface area contributed by atoms with Gasteiger partial charge in [0.05, 0.1) is 12.5 Å². The van der Waals surface area contributed by atoms with Gasteiger partial charge in [-0.05, 0) is 13.3 Å². The van der Waals surface area contributed by atoms with Crippen LogP contribution < -0.4 is 0 Å². The van der Waals surface area contributed by atoms with Gasteiger partial charge >= 0.3 is 12.1 Å². The van der Waals surface area contributed by atoms with Crippen molar-refractivity contribution in [3.63, 3.8) is 0 Å². The second-order valence-corrected chi connectivity index (χ2v) is 2.68. The van der Waals surface area contributed by atoms with Crippen LogP contribution in [0.25, 0.3) is 0 Å². The summed E-state index contributed by atoms with van der Waals surface area (Å²) in [7, 11) is 0. The minimum absolute atomic E-state index is 0.250. The Morgan fingerprint density at radius 3 is 2.36 bits per heavy atom. The minimum atomic E-state index is -2.37. The minimum Gasteiger partial charge on any atom is -0.466 e. The van der Waals surface area contributed by atoms with Gasteiger partial charge < -0.3 is 4.74 Å². The SMILES string of the molecule is CCOC(=O)[C@H]1C[C@H]1C(F)F.O=C=O. The zero-order chi connectivity index (χ0) is 11.1. The van der Waals surface area contributed by atoms with Crippen molar-refractivity contribution in [3.8, 4) is 0 Å². The Morgan fingerprint density at radius 2 is 2.07 bits per heavy atom. The largest absolute Gasteiger partial charge is 0.466 e. The van der Waals surface area contributed by atoms with Crippen LogP contribution >= 0.6 is 0 Å². The first-order valence-corrected chi connectivity index (χ1v) is 4.02. The molecule has 0 aromatic rings. The van der Waals surface area contributed by atoms with Crippen molar-refractivity contribution in [1.82, 2.24) is 0 Å². The Kier molecular flexibility index (Phi) is 5.64. The summed E-state index contributed by atoms with van der Waals surface area (Å²) in [6, 6.07) is 0. The topological polar surface area (TPSA) is 60.4 Å². The van der Waals surface area contributed by atoms with Crippen LogP contribution in [0.3, 0.4) is 0 Å². The fourth-order valence-corrected chi connectivity index (χ4v) is 1.01. The first-order chi connectivity index (χ1) is 6.58. The number of carbonyl (C=O) groups is 1. The Morgan fingerprint density at radius 1 is 1.57 bits per heavy atom. The van der Waals surface area contributed by atoms with E-state index in [1.807, 2.05) is 0 Å². The molecule has 80 valence electrons. The Hall–Kier alpha value is -1.29. The van der Waals surface area contributed by atoms with Crippen molar-refractivity contribution in [2.24, 2.45) is 11.8 Å². The molecule has 0 bridgehead atoms. The maximum absolute atomic E-state index is 11.9. The zero-order valence-electron chi connectivity index (χ0n) is 7.54. The molecule has 0 heterocycles. The van der Waals surface area contributed by atoms with Crippen LogP contribution in [0.15, 0.2) is 0 Å². The summed E-state index contributed by atoms with van der Waals surface area (Å²) in [5, 5.41) is 0. The lowest BCUT2D eigenvalue weighted by atomic mass is 10.3. The number of halogens is 2. The lowest BCUT2D eigenvalue weighted by molar-refractivity contribution is -0.191. The molecule has 0 spiro atoms. The molecule has 0 N–H and O–H groups in total. The van der Waals surface area contributed by atoms with Crippen LogP contribution in [0.5, 0.6) is 0 Å². The predicted octanol–water partition coefficient (Wildman–Crippen LogP) is 0.867. The standard InChI is InChI=1S/C7H10F2O2.CO2/c1-2-11-7(10)5-3-4(5)6(8)9;2-1-3/h4-6H,2-3H2,1H3;/t4-,5+;/m1./s1. The molecule has 1 aliphatic rings. The highest BCUT2D eigenvalue weighted by Gasteiger charge is 2.49. The predicted molar refractivity (Wildman–Crippen MR) is 39.2 cm³/mol. The second-order valence-electron chi connectivity index (χ2n) is 2.68. The van der Waals surface area contributed by atoms with Crippen molar-refractivity contribution in [2.75, 3.05) is 6.61 Å². The number of ether oxygens (including phenoxy) is 1. The van der Waals surface area contributed by atoms with Gasteiger partial charge in [0.1, 0.15) is 0 Å². The van der Waals surface area contributed by atoms with Crippen LogP contribution in [0.1, 0.15) is 13.3 Å². The molecule has 14 heavy (non-hydrogen) atoms. The first-order valence-electron chi connectivity index (χ1n) is 4.02. The van der Waals surface area contributed by atoms with Gasteiger partial charge in [0, 0.05) is 5.92 Å². The Labute approximate surface area is 79.2 Å². The van der Waals surface area contributed by atoms with Crippen LogP contribution in [0.4, 0.5) is 8.78 Å². The molecule has 0 amide bonds. The third-order valence-corrected chi connectivity index (χ3v) is 1.75. The molecule has 0 aliphatic heterocycles. The van der Waals surface area contributed by atoms with Crippen molar-refractivity contribution in [2.45, 2.75) is 19.8 Å². The Balaban J connectivity index is 0.000000500. The van der Waals surface area contributed by atoms with E-state index in [2.05, 4.69) is 4.74 Å². The molecule has 1 aliphatic carbocycles. The van der Waals surface area contributed by atoms with E-state index >= 15 is 0 Å².